The van der Waals surface area contributed by atoms with Gasteiger partial charge in [-0.2, -0.15) is 0 Å². The molecule has 0 saturated heterocycles. The van der Waals surface area contributed by atoms with E-state index in [1.165, 1.54) is 12.1 Å². The smallest absolute Gasteiger partial charge is 0.182 e. The van der Waals surface area contributed by atoms with Gasteiger partial charge in [0.15, 0.2) is 11.0 Å². The third kappa shape index (κ3) is 2.53. The van der Waals surface area contributed by atoms with Gasteiger partial charge >= 0.3 is 0 Å². The minimum Gasteiger partial charge on any atom is -0.508 e. The van der Waals surface area contributed by atoms with E-state index >= 15 is 0 Å². The second-order valence-electron chi connectivity index (χ2n) is 6.62. The van der Waals surface area contributed by atoms with Crippen LogP contribution in [-0.4, -0.2) is 15.2 Å². The van der Waals surface area contributed by atoms with Crippen molar-refractivity contribution in [3.05, 3.63) is 83.0 Å². The second kappa shape index (κ2) is 6.03. The molecule has 2 heterocycles. The van der Waals surface area contributed by atoms with Gasteiger partial charge in [0.2, 0.25) is 0 Å². The number of benzene rings is 3. The summed E-state index contributed by atoms with van der Waals surface area (Å²) in [6.07, 6.45) is 0. The highest BCUT2D eigenvalue weighted by Gasteiger charge is 2.16. The molecule has 136 valence electrons. The molecule has 5 heteroatoms. The predicted octanol–water partition coefficient (Wildman–Crippen LogP) is 5.02. The van der Waals surface area contributed by atoms with Crippen molar-refractivity contribution in [3.8, 4) is 33.9 Å². The Balaban J connectivity index is 1.90. The van der Waals surface area contributed by atoms with Gasteiger partial charge in [-0.25, -0.2) is 0 Å². The van der Waals surface area contributed by atoms with E-state index in [1.54, 1.807) is 42.5 Å². The van der Waals surface area contributed by atoms with Crippen molar-refractivity contribution in [3.63, 3.8) is 0 Å². The Morgan fingerprint density at radius 3 is 2.39 bits per heavy atom. The third-order valence-electron chi connectivity index (χ3n) is 4.83. The van der Waals surface area contributed by atoms with Gasteiger partial charge in [-0.1, -0.05) is 24.3 Å². The van der Waals surface area contributed by atoms with Crippen LogP contribution in [0.1, 0.15) is 0 Å². The van der Waals surface area contributed by atoms with Crippen LogP contribution in [0.25, 0.3) is 44.5 Å². The minimum atomic E-state index is -0.126. The molecule has 28 heavy (non-hydrogen) atoms. The quantitative estimate of drug-likeness (QED) is 0.408. The number of phenols is 2. The number of para-hydroxylation sites is 1. The molecule has 0 bridgehead atoms. The van der Waals surface area contributed by atoms with Gasteiger partial charge in [0.05, 0.1) is 11.2 Å². The van der Waals surface area contributed by atoms with Gasteiger partial charge in [-0.15, -0.1) is 0 Å². The summed E-state index contributed by atoms with van der Waals surface area (Å²) < 4.78 is 6.01. The molecule has 0 unspecified atom stereocenters. The number of rotatable bonds is 2. The number of fused-ring (bicyclic) bond motifs is 3. The Morgan fingerprint density at radius 1 is 0.821 bits per heavy atom. The van der Waals surface area contributed by atoms with E-state index in [1.807, 2.05) is 18.2 Å². The first-order valence-electron chi connectivity index (χ1n) is 8.77. The Kier molecular flexibility index (Phi) is 3.49. The van der Waals surface area contributed by atoms with Gasteiger partial charge < -0.3 is 19.6 Å². The van der Waals surface area contributed by atoms with Crippen molar-refractivity contribution in [2.24, 2.45) is 0 Å². The summed E-state index contributed by atoms with van der Waals surface area (Å²) in [6.45, 7) is 0. The number of aromatic hydroxyl groups is 2. The van der Waals surface area contributed by atoms with Gasteiger partial charge in [0.25, 0.3) is 0 Å². The monoisotopic (exact) mass is 369 g/mol. The summed E-state index contributed by atoms with van der Waals surface area (Å²) in [5, 5.41) is 20.7. The van der Waals surface area contributed by atoms with Gasteiger partial charge in [0, 0.05) is 22.6 Å². The number of phenolic OH excluding ortho intramolecular Hbond substituents is 2. The molecule has 2 aromatic heterocycles. The van der Waals surface area contributed by atoms with Crippen LogP contribution in [0.5, 0.6) is 11.5 Å². The van der Waals surface area contributed by atoms with Crippen LogP contribution in [-0.2, 0) is 0 Å². The molecule has 0 radical (unpaired) electrons. The largest absolute Gasteiger partial charge is 0.508 e. The van der Waals surface area contributed by atoms with Gasteiger partial charge in [0.1, 0.15) is 17.1 Å². The first-order valence-corrected chi connectivity index (χ1v) is 8.77. The Labute approximate surface area is 159 Å². The molecule has 0 aliphatic carbocycles. The fourth-order valence-corrected chi connectivity index (χ4v) is 3.47. The highest BCUT2D eigenvalue weighted by Crippen LogP contribution is 2.38. The zero-order chi connectivity index (χ0) is 19.3. The van der Waals surface area contributed by atoms with Crippen LogP contribution >= 0.6 is 0 Å². The number of hydrogen-bond acceptors (Lipinski definition) is 4. The first-order chi connectivity index (χ1) is 13.6. The van der Waals surface area contributed by atoms with Crippen LogP contribution < -0.4 is 5.43 Å². The molecule has 0 atom stereocenters. The maximum atomic E-state index is 11.8. The first kappa shape index (κ1) is 16.2. The van der Waals surface area contributed by atoms with Crippen molar-refractivity contribution in [1.82, 2.24) is 4.98 Å². The fraction of sp³-hybridized carbons (Fsp3) is 0. The van der Waals surface area contributed by atoms with Crippen LogP contribution in [0, 0.1) is 0 Å². The predicted molar refractivity (Wildman–Crippen MR) is 109 cm³/mol. The van der Waals surface area contributed by atoms with E-state index in [0.29, 0.717) is 22.4 Å². The van der Waals surface area contributed by atoms with E-state index in [-0.39, 0.29) is 16.9 Å². The summed E-state index contributed by atoms with van der Waals surface area (Å²) >= 11 is 0. The number of H-pyrrole nitrogens is 1. The second-order valence-corrected chi connectivity index (χ2v) is 6.62. The lowest BCUT2D eigenvalue weighted by Crippen LogP contribution is -1.92. The summed E-state index contributed by atoms with van der Waals surface area (Å²) in [5.41, 5.74) is 4.70. The standard InChI is InChI=1S/C23H15NO4/c25-14-7-5-13(6-8-14)18-12-19(16-3-1-2-4-20(16)27)24-22-17-10-9-15(26)11-21(17)28-23(18)22/h1-12,24-25,27H. The lowest BCUT2D eigenvalue weighted by Gasteiger charge is -2.10. The molecule has 0 spiro atoms. The molecule has 3 aromatic carbocycles. The van der Waals surface area contributed by atoms with Crippen LogP contribution in [0.15, 0.2) is 82.0 Å². The average molecular weight is 369 g/mol. The van der Waals surface area contributed by atoms with Crippen molar-refractivity contribution in [2.75, 3.05) is 0 Å². The topological polar surface area (TPSA) is 86.5 Å². The zero-order valence-corrected chi connectivity index (χ0v) is 14.6. The zero-order valence-electron chi connectivity index (χ0n) is 14.6. The van der Waals surface area contributed by atoms with E-state index in [9.17, 15) is 15.0 Å². The SMILES string of the molecule is O=c1ccc2c(c1)oc1c(-c3ccc(O)cc3)cc(-c3ccccc3O)[nH]c12. The third-order valence-corrected chi connectivity index (χ3v) is 4.83. The summed E-state index contributed by atoms with van der Waals surface area (Å²) in [4.78, 5) is 15.1. The van der Waals surface area contributed by atoms with E-state index in [0.717, 1.165) is 22.0 Å². The molecule has 5 rings (SSSR count). The van der Waals surface area contributed by atoms with Crippen molar-refractivity contribution in [2.45, 2.75) is 0 Å². The fourth-order valence-electron chi connectivity index (χ4n) is 3.47. The Hall–Kier alpha value is -3.99. The van der Waals surface area contributed by atoms with E-state index < -0.39 is 0 Å². The molecule has 0 fully saturated rings. The number of furan rings is 1. The van der Waals surface area contributed by atoms with Crippen LogP contribution in [0.4, 0.5) is 0 Å². The Morgan fingerprint density at radius 2 is 1.61 bits per heavy atom. The summed E-state index contributed by atoms with van der Waals surface area (Å²) in [6, 6.07) is 20.5. The maximum Gasteiger partial charge on any atom is 0.182 e. The lowest BCUT2D eigenvalue weighted by atomic mass is 10.0. The van der Waals surface area contributed by atoms with Crippen molar-refractivity contribution in [1.29, 1.82) is 0 Å². The summed E-state index contributed by atoms with van der Waals surface area (Å²) in [7, 11) is 0. The molecule has 0 amide bonds. The van der Waals surface area contributed by atoms with Gasteiger partial charge in [-0.05, 0) is 48.0 Å². The van der Waals surface area contributed by atoms with Crippen LogP contribution in [0.2, 0.25) is 0 Å². The molecular weight excluding hydrogens is 354 g/mol. The Bertz CT molecular complexity index is 1390. The number of pyridine rings is 1. The number of nitrogens with one attached hydrogen (secondary N) is 1. The molecule has 5 nitrogen and oxygen atoms in total. The van der Waals surface area contributed by atoms with E-state index in [2.05, 4.69) is 4.98 Å². The highest BCUT2D eigenvalue weighted by atomic mass is 16.3. The number of aromatic amines is 1. The molecule has 0 aliphatic rings. The van der Waals surface area contributed by atoms with E-state index in [4.69, 9.17) is 4.42 Å². The normalized spacial score (nSPS) is 11.3. The number of hydrogen-bond donors (Lipinski definition) is 3. The van der Waals surface area contributed by atoms with Crippen LogP contribution in [0.3, 0.4) is 0 Å². The molecular formula is C23H15NO4. The average Bonchev–Trinajstić information content (AvgIpc) is 3.06. The minimum absolute atomic E-state index is 0.126. The van der Waals surface area contributed by atoms with Crippen molar-refractivity contribution < 1.29 is 14.6 Å². The lowest BCUT2D eigenvalue weighted by molar-refractivity contribution is 0.475. The molecule has 3 N–H and O–H groups in total. The molecule has 5 aromatic rings. The number of aromatic nitrogens is 1. The summed E-state index contributed by atoms with van der Waals surface area (Å²) in [5.74, 6) is 0.327. The molecule has 0 aliphatic heterocycles. The highest BCUT2D eigenvalue weighted by molar-refractivity contribution is 6.08. The maximum absolute atomic E-state index is 11.8. The molecule has 0 saturated carbocycles. The van der Waals surface area contributed by atoms with Gasteiger partial charge in [-0.3, -0.25) is 4.79 Å². The van der Waals surface area contributed by atoms with Crippen molar-refractivity contribution >= 4 is 22.1 Å².